The van der Waals surface area contributed by atoms with E-state index in [0.29, 0.717) is 0 Å². The Morgan fingerprint density at radius 2 is 1.53 bits per heavy atom. The van der Waals surface area contributed by atoms with Gasteiger partial charge in [0.1, 0.15) is 18.3 Å². The Labute approximate surface area is 92.6 Å². The third-order valence-corrected chi connectivity index (χ3v) is 2.24. The zero-order chi connectivity index (χ0) is 12.4. The van der Waals surface area contributed by atoms with Gasteiger partial charge in [0.2, 0.25) is 5.12 Å². The van der Waals surface area contributed by atoms with Crippen LogP contribution in [-0.2, 0) is 4.79 Å². The molecule has 0 aromatic heterocycles. The predicted octanol–water partition coefficient (Wildman–Crippen LogP) is -2.34. The molecule has 0 fully saturated rings. The number of hydrogen-bond acceptors (Lipinski definition) is 6. The van der Waals surface area contributed by atoms with E-state index in [-0.39, 0.29) is 0 Å². The average molecular weight is 240 g/mol. The van der Waals surface area contributed by atoms with Crippen molar-refractivity contribution in [3.63, 3.8) is 0 Å². The first-order chi connectivity index (χ1) is 6.59. The molecule has 0 aromatic carbocycles. The molecule has 0 saturated heterocycles. The summed E-state index contributed by atoms with van der Waals surface area (Å²) in [6.07, 6.45) is -7.37. The van der Waals surface area contributed by atoms with Gasteiger partial charge < -0.3 is 25.5 Å². The number of hydrogen-bond donors (Lipinski definition) is 6. The van der Waals surface area contributed by atoms with Crippen LogP contribution in [0.25, 0.3) is 0 Å². The van der Waals surface area contributed by atoms with Gasteiger partial charge in [-0.05, 0) is 13.8 Å². The summed E-state index contributed by atoms with van der Waals surface area (Å²) >= 11 is 3.26. The molecule has 6 nitrogen and oxygen atoms in total. The Morgan fingerprint density at radius 1 is 1.13 bits per heavy atom. The summed E-state index contributed by atoms with van der Waals surface area (Å²) in [6.45, 7) is 2.42. The molecule has 0 unspecified atom stereocenters. The highest BCUT2D eigenvalue weighted by Crippen LogP contribution is 2.16. The first-order valence-corrected chi connectivity index (χ1v) is 4.71. The van der Waals surface area contributed by atoms with E-state index in [1.165, 1.54) is 13.8 Å². The summed E-state index contributed by atoms with van der Waals surface area (Å²) in [4.78, 5) is 10.6. The minimum Gasteiger partial charge on any atom is -0.388 e. The Morgan fingerprint density at radius 3 is 1.80 bits per heavy atom. The molecule has 0 aromatic rings. The molecule has 0 radical (unpaired) electrons. The van der Waals surface area contributed by atoms with E-state index in [9.17, 15) is 25.2 Å². The lowest BCUT2D eigenvalue weighted by atomic mass is 9.92. The standard InChI is InChI=1S/C8H16O6S/c1-8(2,14)6(12)4(10)3(9)5(11)7(13)15/h3-6,9-12,14H,1-2H3,(H,13,15)/t3-,4-,5+,6-/m0/s1. The second-order valence-corrected chi connectivity index (χ2v) is 4.30. The first kappa shape index (κ1) is 14.8. The smallest absolute Gasteiger partial charge is 0.217 e. The fourth-order valence-corrected chi connectivity index (χ4v) is 1.09. The number of rotatable bonds is 5. The van der Waals surface area contributed by atoms with Crippen molar-refractivity contribution < 1.29 is 30.3 Å². The van der Waals surface area contributed by atoms with Crippen molar-refractivity contribution in [2.75, 3.05) is 0 Å². The molecule has 0 heterocycles. The molecule has 0 aliphatic rings. The molecule has 0 aliphatic carbocycles. The van der Waals surface area contributed by atoms with Gasteiger partial charge in [-0.2, -0.15) is 0 Å². The van der Waals surface area contributed by atoms with Crippen LogP contribution >= 0.6 is 12.6 Å². The molecule has 0 bridgehead atoms. The Hall–Kier alpha value is -0.180. The van der Waals surface area contributed by atoms with E-state index in [1.54, 1.807) is 0 Å². The van der Waals surface area contributed by atoms with Crippen LogP contribution in [0.3, 0.4) is 0 Å². The summed E-state index contributed by atoms with van der Waals surface area (Å²) in [5, 5.41) is 45.3. The maximum atomic E-state index is 10.6. The summed E-state index contributed by atoms with van der Waals surface area (Å²) in [5.41, 5.74) is -1.67. The number of thiol groups is 1. The summed E-state index contributed by atoms with van der Waals surface area (Å²) in [6, 6.07) is 0. The van der Waals surface area contributed by atoms with E-state index in [1.807, 2.05) is 0 Å². The van der Waals surface area contributed by atoms with Gasteiger partial charge in [-0.25, -0.2) is 0 Å². The van der Waals surface area contributed by atoms with Crippen LogP contribution in [-0.4, -0.2) is 60.7 Å². The van der Waals surface area contributed by atoms with E-state index in [0.717, 1.165) is 0 Å². The summed E-state index contributed by atoms with van der Waals surface area (Å²) < 4.78 is 0. The van der Waals surface area contributed by atoms with Crippen molar-refractivity contribution in [1.82, 2.24) is 0 Å². The normalized spacial score (nSPS) is 20.5. The van der Waals surface area contributed by atoms with Gasteiger partial charge in [-0.15, -0.1) is 12.6 Å². The van der Waals surface area contributed by atoms with Gasteiger partial charge in [0, 0.05) is 0 Å². The zero-order valence-corrected chi connectivity index (χ0v) is 9.30. The first-order valence-electron chi connectivity index (χ1n) is 4.26. The number of carbonyl (C=O) groups excluding carboxylic acids is 1. The zero-order valence-electron chi connectivity index (χ0n) is 8.40. The van der Waals surface area contributed by atoms with Crippen molar-refractivity contribution in [2.45, 2.75) is 43.9 Å². The fourth-order valence-electron chi connectivity index (χ4n) is 0.938. The van der Waals surface area contributed by atoms with Crippen LogP contribution in [0, 0.1) is 0 Å². The Bertz CT molecular complexity index is 226. The van der Waals surface area contributed by atoms with E-state index >= 15 is 0 Å². The van der Waals surface area contributed by atoms with Crippen LogP contribution in [0.2, 0.25) is 0 Å². The van der Waals surface area contributed by atoms with Crippen LogP contribution < -0.4 is 0 Å². The maximum Gasteiger partial charge on any atom is 0.217 e. The highest BCUT2D eigenvalue weighted by Gasteiger charge is 2.39. The molecule has 7 heteroatoms. The fraction of sp³-hybridized carbons (Fsp3) is 0.875. The van der Waals surface area contributed by atoms with Gasteiger partial charge in [-0.1, -0.05) is 0 Å². The molecule has 4 atom stereocenters. The Balaban J connectivity index is 4.57. The number of carbonyl (C=O) groups is 1. The largest absolute Gasteiger partial charge is 0.388 e. The average Bonchev–Trinajstić information content (AvgIpc) is 2.11. The molecule has 0 rings (SSSR count). The van der Waals surface area contributed by atoms with E-state index in [2.05, 4.69) is 12.6 Å². The van der Waals surface area contributed by atoms with E-state index < -0.39 is 35.1 Å². The summed E-state index contributed by atoms with van der Waals surface area (Å²) in [7, 11) is 0. The van der Waals surface area contributed by atoms with Crippen LogP contribution in [0.4, 0.5) is 0 Å². The SMILES string of the molecule is CC(C)(O)[C@@H](O)[C@@H](O)[C@H](O)[C@@H](O)C(=O)S. The van der Waals surface area contributed by atoms with Crippen molar-refractivity contribution in [3.05, 3.63) is 0 Å². The minimum absolute atomic E-state index is 1.04. The molecule has 15 heavy (non-hydrogen) atoms. The predicted molar refractivity (Wildman–Crippen MR) is 54.3 cm³/mol. The number of aliphatic hydroxyl groups excluding tert-OH is 4. The quantitative estimate of drug-likeness (QED) is 0.300. The molecule has 0 spiro atoms. The maximum absolute atomic E-state index is 10.6. The van der Waals surface area contributed by atoms with Gasteiger partial charge in [-0.3, -0.25) is 4.79 Å². The van der Waals surface area contributed by atoms with E-state index in [4.69, 9.17) is 5.11 Å². The van der Waals surface area contributed by atoms with Crippen molar-refractivity contribution in [2.24, 2.45) is 0 Å². The molecule has 90 valence electrons. The van der Waals surface area contributed by atoms with Gasteiger partial charge >= 0.3 is 0 Å². The Kier molecular flexibility index (Phi) is 5.18. The number of aliphatic hydroxyl groups is 5. The van der Waals surface area contributed by atoms with Crippen molar-refractivity contribution >= 4 is 17.7 Å². The van der Waals surface area contributed by atoms with Crippen molar-refractivity contribution in [1.29, 1.82) is 0 Å². The topological polar surface area (TPSA) is 118 Å². The molecule has 0 amide bonds. The van der Waals surface area contributed by atoms with Crippen LogP contribution in [0.5, 0.6) is 0 Å². The molecular formula is C8H16O6S. The lowest BCUT2D eigenvalue weighted by Gasteiger charge is -2.32. The minimum atomic E-state index is -1.92. The van der Waals surface area contributed by atoms with Crippen LogP contribution in [0.15, 0.2) is 0 Å². The van der Waals surface area contributed by atoms with Crippen molar-refractivity contribution in [3.8, 4) is 0 Å². The van der Waals surface area contributed by atoms with Crippen LogP contribution in [0.1, 0.15) is 13.8 Å². The molecular weight excluding hydrogens is 224 g/mol. The second kappa shape index (κ2) is 5.24. The van der Waals surface area contributed by atoms with Gasteiger partial charge in [0.05, 0.1) is 5.60 Å². The highest BCUT2D eigenvalue weighted by molar-refractivity contribution is 7.96. The molecule has 5 N–H and O–H groups in total. The summed E-state index contributed by atoms with van der Waals surface area (Å²) in [5.74, 6) is 0. The lowest BCUT2D eigenvalue weighted by Crippen LogP contribution is -2.53. The molecule has 0 saturated carbocycles. The lowest BCUT2D eigenvalue weighted by molar-refractivity contribution is -0.161. The molecule has 0 aliphatic heterocycles. The third kappa shape index (κ3) is 4.06. The van der Waals surface area contributed by atoms with Gasteiger partial charge in [0.15, 0.2) is 6.10 Å². The monoisotopic (exact) mass is 240 g/mol. The highest BCUT2D eigenvalue weighted by atomic mass is 32.1. The van der Waals surface area contributed by atoms with Gasteiger partial charge in [0.25, 0.3) is 0 Å². The second-order valence-electron chi connectivity index (χ2n) is 3.86. The third-order valence-electron chi connectivity index (χ3n) is 1.97.